The van der Waals surface area contributed by atoms with Gasteiger partial charge in [0, 0.05) is 19.3 Å². The summed E-state index contributed by atoms with van der Waals surface area (Å²) in [5.41, 5.74) is 1.69. The van der Waals surface area contributed by atoms with Crippen molar-refractivity contribution in [1.29, 1.82) is 0 Å². The van der Waals surface area contributed by atoms with Gasteiger partial charge in [-0.05, 0) is 37.0 Å². The molecule has 0 radical (unpaired) electrons. The van der Waals surface area contributed by atoms with E-state index in [1.54, 1.807) is 17.2 Å². The molecule has 8 heteroatoms. The van der Waals surface area contributed by atoms with Crippen molar-refractivity contribution >= 4 is 51.7 Å². The van der Waals surface area contributed by atoms with Crippen molar-refractivity contribution in [2.45, 2.75) is 34.1 Å². The molecule has 1 amide bonds. The maximum atomic E-state index is 13.2. The summed E-state index contributed by atoms with van der Waals surface area (Å²) in [7, 11) is 0. The van der Waals surface area contributed by atoms with Crippen LogP contribution in [0.4, 0.5) is 5.82 Å². The topological polar surface area (TPSA) is 66.7 Å². The molecule has 1 aliphatic heterocycles. The number of nitrogens with one attached hydrogen (secondary N) is 1. The molecule has 1 N–H and O–H groups in total. The molecule has 0 unspecified atom stereocenters. The van der Waals surface area contributed by atoms with Crippen LogP contribution in [0.5, 0.6) is 0 Å². The monoisotopic (exact) mass is 416 g/mol. The van der Waals surface area contributed by atoms with E-state index in [2.05, 4.69) is 24.1 Å². The summed E-state index contributed by atoms with van der Waals surface area (Å²) >= 11 is 6.57. The van der Waals surface area contributed by atoms with Crippen molar-refractivity contribution in [3.63, 3.8) is 0 Å². The van der Waals surface area contributed by atoms with Gasteiger partial charge in [0.05, 0.1) is 10.5 Å². The number of fused-ring (bicyclic) bond motifs is 1. The van der Waals surface area contributed by atoms with Gasteiger partial charge in [0.1, 0.15) is 15.8 Å². The van der Waals surface area contributed by atoms with Gasteiger partial charge >= 0.3 is 0 Å². The number of aromatic nitrogens is 2. The zero-order valence-electron chi connectivity index (χ0n) is 16.5. The van der Waals surface area contributed by atoms with E-state index in [9.17, 15) is 9.59 Å². The molecule has 0 spiro atoms. The first-order valence-corrected chi connectivity index (χ1v) is 10.6. The molecule has 28 heavy (non-hydrogen) atoms. The molecule has 6 nitrogen and oxygen atoms in total. The molecular weight excluding hydrogens is 392 g/mol. The van der Waals surface area contributed by atoms with Gasteiger partial charge in [0.15, 0.2) is 0 Å². The van der Waals surface area contributed by atoms with E-state index in [4.69, 9.17) is 12.2 Å². The first kappa shape index (κ1) is 20.5. The Labute approximate surface area is 174 Å². The Balaban J connectivity index is 2.13. The van der Waals surface area contributed by atoms with Gasteiger partial charge in [-0.3, -0.25) is 18.9 Å². The van der Waals surface area contributed by atoms with E-state index in [-0.39, 0.29) is 11.5 Å². The van der Waals surface area contributed by atoms with Gasteiger partial charge in [0.2, 0.25) is 0 Å². The maximum Gasteiger partial charge on any atom is 0.267 e. The van der Waals surface area contributed by atoms with Crippen molar-refractivity contribution in [3.8, 4) is 0 Å². The van der Waals surface area contributed by atoms with E-state index in [0.29, 0.717) is 45.3 Å². The molecule has 2 aromatic heterocycles. The molecule has 0 saturated carbocycles. The molecule has 1 fully saturated rings. The summed E-state index contributed by atoms with van der Waals surface area (Å²) in [6.07, 6.45) is 4.21. The van der Waals surface area contributed by atoms with Gasteiger partial charge in [-0.1, -0.05) is 50.8 Å². The van der Waals surface area contributed by atoms with Crippen LogP contribution in [0.3, 0.4) is 0 Å². The minimum absolute atomic E-state index is 0.152. The van der Waals surface area contributed by atoms with E-state index < -0.39 is 0 Å². The number of thioether (sulfide) groups is 1. The number of carbonyl (C=O) groups excluding carboxylic acids is 1. The van der Waals surface area contributed by atoms with Gasteiger partial charge in [-0.25, -0.2) is 4.98 Å². The molecule has 1 saturated heterocycles. The lowest BCUT2D eigenvalue weighted by atomic mass is 10.2. The second-order valence-electron chi connectivity index (χ2n) is 7.22. The van der Waals surface area contributed by atoms with Crippen LogP contribution in [-0.4, -0.2) is 37.6 Å². The van der Waals surface area contributed by atoms with Crippen LogP contribution >= 0.6 is 24.0 Å². The first-order valence-electron chi connectivity index (χ1n) is 9.34. The Morgan fingerprint density at radius 3 is 2.75 bits per heavy atom. The van der Waals surface area contributed by atoms with Crippen LogP contribution in [0, 0.1) is 12.8 Å². The molecular formula is C20H24N4O2S2. The van der Waals surface area contributed by atoms with Crippen molar-refractivity contribution in [1.82, 2.24) is 14.3 Å². The molecule has 2 aromatic rings. The van der Waals surface area contributed by atoms with Crippen LogP contribution < -0.4 is 10.9 Å². The van der Waals surface area contributed by atoms with Crippen molar-refractivity contribution < 1.29 is 4.79 Å². The highest BCUT2D eigenvalue weighted by molar-refractivity contribution is 8.26. The summed E-state index contributed by atoms with van der Waals surface area (Å²) in [6.45, 7) is 9.34. The highest BCUT2D eigenvalue weighted by Crippen LogP contribution is 2.33. The fraction of sp³-hybridized carbons (Fsp3) is 0.400. The lowest BCUT2D eigenvalue weighted by Crippen LogP contribution is -2.28. The fourth-order valence-electron chi connectivity index (χ4n) is 2.87. The maximum absolute atomic E-state index is 13.2. The van der Waals surface area contributed by atoms with E-state index in [1.165, 1.54) is 16.2 Å². The van der Waals surface area contributed by atoms with Crippen LogP contribution in [0.25, 0.3) is 11.7 Å². The lowest BCUT2D eigenvalue weighted by molar-refractivity contribution is -0.122. The van der Waals surface area contributed by atoms with Crippen LogP contribution in [0.1, 0.15) is 38.3 Å². The zero-order valence-corrected chi connectivity index (χ0v) is 18.1. The summed E-state index contributed by atoms with van der Waals surface area (Å²) < 4.78 is 2.05. The van der Waals surface area contributed by atoms with Crippen molar-refractivity contribution in [2.75, 3.05) is 18.4 Å². The molecule has 148 valence electrons. The molecule has 3 rings (SSSR count). The van der Waals surface area contributed by atoms with Gasteiger partial charge in [-0.2, -0.15) is 0 Å². The SMILES string of the molecule is CCCN1C(=O)C(=Cc2c(NCC(C)C)nc3ccc(C)cn3c2=O)SC1=S. The highest BCUT2D eigenvalue weighted by atomic mass is 32.2. The molecule has 0 bridgehead atoms. The number of pyridine rings is 1. The zero-order chi connectivity index (χ0) is 20.4. The number of hydrogen-bond donors (Lipinski definition) is 1. The molecule has 0 atom stereocenters. The number of thiocarbonyl (C=S) groups is 1. The summed E-state index contributed by atoms with van der Waals surface area (Å²) in [6, 6.07) is 3.74. The first-order chi connectivity index (χ1) is 13.3. The predicted molar refractivity (Wildman–Crippen MR) is 120 cm³/mol. The number of hydrogen-bond acceptors (Lipinski definition) is 6. The Kier molecular flexibility index (Phi) is 6.20. The standard InChI is InChI=1S/C20H24N4O2S2/c1-5-8-23-19(26)15(28-20(23)27)9-14-17(21-10-12(2)3)22-16-7-6-13(4)11-24(16)18(14)25/h6-7,9,11-12,21H,5,8,10H2,1-4H3. The average molecular weight is 417 g/mol. The van der Waals surface area contributed by atoms with Crippen LogP contribution in [0.15, 0.2) is 28.0 Å². The third-order valence-electron chi connectivity index (χ3n) is 4.28. The van der Waals surface area contributed by atoms with Crippen molar-refractivity contribution in [3.05, 3.63) is 44.7 Å². The molecule has 1 aliphatic rings. The molecule has 0 aliphatic carbocycles. The Morgan fingerprint density at radius 2 is 2.07 bits per heavy atom. The van der Waals surface area contributed by atoms with Gasteiger partial charge in [0.25, 0.3) is 11.5 Å². The number of carbonyl (C=O) groups is 1. The summed E-state index contributed by atoms with van der Waals surface area (Å²) in [4.78, 5) is 32.6. The Morgan fingerprint density at radius 1 is 1.32 bits per heavy atom. The molecule has 3 heterocycles. The number of nitrogens with zero attached hydrogens (tertiary/aromatic N) is 3. The third-order valence-corrected chi connectivity index (χ3v) is 5.66. The quantitative estimate of drug-likeness (QED) is 0.572. The number of aryl methyl sites for hydroxylation is 1. The number of anilines is 1. The van der Waals surface area contributed by atoms with Gasteiger partial charge in [-0.15, -0.1) is 0 Å². The largest absolute Gasteiger partial charge is 0.369 e. The van der Waals surface area contributed by atoms with Crippen LogP contribution in [-0.2, 0) is 4.79 Å². The minimum Gasteiger partial charge on any atom is -0.369 e. The number of amides is 1. The highest BCUT2D eigenvalue weighted by Gasteiger charge is 2.31. The molecule has 0 aromatic carbocycles. The van der Waals surface area contributed by atoms with E-state index >= 15 is 0 Å². The normalized spacial score (nSPS) is 16.0. The Bertz CT molecular complexity index is 1030. The minimum atomic E-state index is -0.208. The van der Waals surface area contributed by atoms with E-state index in [0.717, 1.165) is 12.0 Å². The summed E-state index contributed by atoms with van der Waals surface area (Å²) in [5.74, 6) is 0.720. The second-order valence-corrected chi connectivity index (χ2v) is 8.90. The van der Waals surface area contributed by atoms with Gasteiger partial charge < -0.3 is 5.32 Å². The fourth-order valence-corrected chi connectivity index (χ4v) is 4.16. The van der Waals surface area contributed by atoms with Crippen LogP contribution in [0.2, 0.25) is 0 Å². The predicted octanol–water partition coefficient (Wildman–Crippen LogP) is 3.68. The van der Waals surface area contributed by atoms with E-state index in [1.807, 2.05) is 26.0 Å². The summed E-state index contributed by atoms with van der Waals surface area (Å²) in [5, 5.41) is 3.26. The number of rotatable bonds is 6. The average Bonchev–Trinajstić information content (AvgIpc) is 2.91. The third kappa shape index (κ3) is 4.12. The Hall–Kier alpha value is -2.19. The second kappa shape index (κ2) is 8.45. The smallest absolute Gasteiger partial charge is 0.267 e. The lowest BCUT2D eigenvalue weighted by Gasteiger charge is -2.13. The van der Waals surface area contributed by atoms with Crippen molar-refractivity contribution in [2.24, 2.45) is 5.92 Å².